The molecule has 0 saturated carbocycles. The zero-order valence-corrected chi connectivity index (χ0v) is 21.5. The highest BCUT2D eigenvalue weighted by molar-refractivity contribution is 14.0. The van der Waals surface area contributed by atoms with Gasteiger partial charge in [0.05, 0.1) is 33.5 Å². The lowest BCUT2D eigenvalue weighted by atomic mass is 10.1. The lowest BCUT2D eigenvalue weighted by Crippen LogP contribution is -2.38. The third kappa shape index (κ3) is 7.68. The first-order valence-corrected chi connectivity index (χ1v) is 10.1. The lowest BCUT2D eigenvalue weighted by molar-refractivity contribution is 0.287. The number of nitrogens with zero attached hydrogens (tertiary/aromatic N) is 1. The zero-order valence-electron chi connectivity index (χ0n) is 19.2. The summed E-state index contributed by atoms with van der Waals surface area (Å²) in [6, 6.07) is 11.8. The van der Waals surface area contributed by atoms with Gasteiger partial charge in [-0.1, -0.05) is 12.1 Å². The molecule has 0 spiro atoms. The van der Waals surface area contributed by atoms with Gasteiger partial charge >= 0.3 is 0 Å². The minimum atomic E-state index is 0. The molecule has 0 bridgehead atoms. The van der Waals surface area contributed by atoms with Crippen LogP contribution in [-0.4, -0.2) is 40.4 Å². The van der Waals surface area contributed by atoms with E-state index in [9.17, 15) is 0 Å². The predicted octanol–water partition coefficient (Wildman–Crippen LogP) is 4.55. The molecule has 31 heavy (non-hydrogen) atoms. The number of benzene rings is 2. The molecule has 1 unspecified atom stereocenters. The number of ether oxygens (including phenoxy) is 4. The fraction of sp³-hybridized carbons (Fsp3) is 0.435. The zero-order chi connectivity index (χ0) is 21.9. The first-order valence-electron chi connectivity index (χ1n) is 10.1. The molecule has 0 aliphatic heterocycles. The average Bonchev–Trinajstić information content (AvgIpc) is 2.77. The van der Waals surface area contributed by atoms with Crippen molar-refractivity contribution in [3.63, 3.8) is 0 Å². The summed E-state index contributed by atoms with van der Waals surface area (Å²) in [4.78, 5) is 4.33. The van der Waals surface area contributed by atoms with E-state index in [0.717, 1.165) is 22.6 Å². The molecule has 0 fully saturated rings. The van der Waals surface area contributed by atoms with Crippen LogP contribution in [0.4, 0.5) is 0 Å². The van der Waals surface area contributed by atoms with Crippen molar-refractivity contribution < 1.29 is 18.9 Å². The molecule has 172 valence electrons. The lowest BCUT2D eigenvalue weighted by Gasteiger charge is -2.20. The van der Waals surface area contributed by atoms with Gasteiger partial charge in [-0.15, -0.1) is 24.0 Å². The molecular weight excluding hydrogens is 509 g/mol. The van der Waals surface area contributed by atoms with Crippen molar-refractivity contribution in [3.8, 4) is 23.0 Å². The van der Waals surface area contributed by atoms with E-state index < -0.39 is 0 Å². The number of aliphatic imine (C=N–C) groups is 1. The Bertz CT molecular complexity index is 846. The molecule has 0 aromatic heterocycles. The van der Waals surface area contributed by atoms with E-state index in [1.54, 1.807) is 21.3 Å². The molecule has 2 N–H and O–H groups in total. The van der Waals surface area contributed by atoms with E-state index in [4.69, 9.17) is 18.9 Å². The first kappa shape index (κ1) is 26.7. The van der Waals surface area contributed by atoms with E-state index in [-0.39, 0.29) is 30.0 Å². The second-order valence-electron chi connectivity index (χ2n) is 6.55. The van der Waals surface area contributed by atoms with Crippen LogP contribution in [0.3, 0.4) is 0 Å². The summed E-state index contributed by atoms with van der Waals surface area (Å²) in [5, 5.41) is 6.74. The maximum atomic E-state index is 5.74. The topological polar surface area (TPSA) is 73.3 Å². The summed E-state index contributed by atoms with van der Waals surface area (Å²) in [6.45, 7) is 7.78. The third-order valence-corrected chi connectivity index (χ3v) is 4.55. The highest BCUT2D eigenvalue weighted by Crippen LogP contribution is 2.31. The summed E-state index contributed by atoms with van der Waals surface area (Å²) >= 11 is 0. The Morgan fingerprint density at radius 2 is 1.55 bits per heavy atom. The van der Waals surface area contributed by atoms with E-state index in [1.807, 2.05) is 50.2 Å². The molecule has 2 rings (SSSR count). The summed E-state index contributed by atoms with van der Waals surface area (Å²) in [7, 11) is 5.01. The van der Waals surface area contributed by atoms with Gasteiger partial charge in [0.2, 0.25) is 0 Å². The molecular formula is C23H34IN3O4. The van der Waals surface area contributed by atoms with E-state index in [1.165, 1.54) is 0 Å². The molecule has 0 radical (unpaired) electrons. The monoisotopic (exact) mass is 543 g/mol. The van der Waals surface area contributed by atoms with Gasteiger partial charge in [0.15, 0.2) is 29.0 Å². The second kappa shape index (κ2) is 13.8. The van der Waals surface area contributed by atoms with Crippen LogP contribution in [0.1, 0.15) is 37.9 Å². The highest BCUT2D eigenvalue weighted by atomic mass is 127. The van der Waals surface area contributed by atoms with Crippen LogP contribution < -0.4 is 29.6 Å². The molecule has 1 atom stereocenters. The largest absolute Gasteiger partial charge is 0.493 e. The Labute approximate surface area is 202 Å². The van der Waals surface area contributed by atoms with E-state index >= 15 is 0 Å². The quantitative estimate of drug-likeness (QED) is 0.261. The summed E-state index contributed by atoms with van der Waals surface area (Å²) in [5.74, 6) is 3.61. The van der Waals surface area contributed by atoms with Crippen LogP contribution >= 0.6 is 24.0 Å². The van der Waals surface area contributed by atoms with Crippen molar-refractivity contribution >= 4 is 29.9 Å². The van der Waals surface area contributed by atoms with Gasteiger partial charge in [-0.25, -0.2) is 0 Å². The summed E-state index contributed by atoms with van der Waals surface area (Å²) in [6.07, 6.45) is 0. The summed E-state index contributed by atoms with van der Waals surface area (Å²) in [5.41, 5.74) is 2.14. The van der Waals surface area contributed by atoms with Crippen LogP contribution in [0.5, 0.6) is 23.0 Å². The van der Waals surface area contributed by atoms with Gasteiger partial charge in [-0.3, -0.25) is 4.99 Å². The Kier molecular flexibility index (Phi) is 11.9. The minimum Gasteiger partial charge on any atom is -0.493 e. The Morgan fingerprint density at radius 3 is 2.16 bits per heavy atom. The molecule has 8 heteroatoms. The number of methoxy groups -OCH3 is 2. The fourth-order valence-corrected chi connectivity index (χ4v) is 3.00. The van der Waals surface area contributed by atoms with Gasteiger partial charge in [0.1, 0.15) is 0 Å². The maximum Gasteiger partial charge on any atom is 0.191 e. The number of halogens is 1. The number of hydrogen-bond donors (Lipinski definition) is 2. The number of nitrogens with one attached hydrogen (secondary N) is 2. The maximum absolute atomic E-state index is 5.74. The van der Waals surface area contributed by atoms with E-state index in [2.05, 4.69) is 22.5 Å². The molecule has 2 aromatic rings. The highest BCUT2D eigenvalue weighted by Gasteiger charge is 2.13. The van der Waals surface area contributed by atoms with Crippen LogP contribution in [0.25, 0.3) is 0 Å². The van der Waals surface area contributed by atoms with Crippen molar-refractivity contribution in [2.24, 2.45) is 4.99 Å². The number of rotatable bonds is 10. The van der Waals surface area contributed by atoms with Crippen molar-refractivity contribution in [2.45, 2.75) is 33.4 Å². The molecule has 0 saturated heterocycles. The first-order chi connectivity index (χ1) is 14.6. The van der Waals surface area contributed by atoms with Gasteiger partial charge in [-0.05, 0) is 56.2 Å². The molecule has 2 aromatic carbocycles. The van der Waals surface area contributed by atoms with Crippen LogP contribution in [0.2, 0.25) is 0 Å². The van der Waals surface area contributed by atoms with Crippen molar-refractivity contribution in [2.75, 3.05) is 34.5 Å². The minimum absolute atomic E-state index is 0. The standard InChI is InChI=1S/C23H33N3O4.HI/c1-7-29-20-12-10-18(14-22(20)30-8-2)16(3)26-23(24-4)25-15-17-9-11-19(27-5)21(13-17)28-6;/h9-14,16H,7-8,15H2,1-6H3,(H2,24,25,26);1H. The molecule has 7 nitrogen and oxygen atoms in total. The molecule has 0 amide bonds. The van der Waals surface area contributed by atoms with Gasteiger partial charge < -0.3 is 29.6 Å². The van der Waals surface area contributed by atoms with Gasteiger partial charge in [-0.2, -0.15) is 0 Å². The normalized spacial score (nSPS) is 11.7. The average molecular weight is 543 g/mol. The smallest absolute Gasteiger partial charge is 0.191 e. The Hall–Kier alpha value is -2.36. The fourth-order valence-electron chi connectivity index (χ4n) is 3.00. The number of guanidine groups is 1. The van der Waals surface area contributed by atoms with Crippen molar-refractivity contribution in [1.82, 2.24) is 10.6 Å². The van der Waals surface area contributed by atoms with Gasteiger partial charge in [0.25, 0.3) is 0 Å². The molecule has 0 aliphatic rings. The molecule has 0 heterocycles. The predicted molar refractivity (Wildman–Crippen MR) is 135 cm³/mol. The third-order valence-electron chi connectivity index (χ3n) is 4.55. The van der Waals surface area contributed by atoms with Crippen LogP contribution in [0, 0.1) is 0 Å². The van der Waals surface area contributed by atoms with Gasteiger partial charge in [0, 0.05) is 13.6 Å². The molecule has 0 aliphatic carbocycles. The van der Waals surface area contributed by atoms with Crippen LogP contribution in [0.15, 0.2) is 41.4 Å². The van der Waals surface area contributed by atoms with E-state index in [0.29, 0.717) is 37.2 Å². The Balaban J connectivity index is 0.00000480. The van der Waals surface area contributed by atoms with Crippen molar-refractivity contribution in [3.05, 3.63) is 47.5 Å². The Morgan fingerprint density at radius 1 is 0.903 bits per heavy atom. The van der Waals surface area contributed by atoms with Crippen LogP contribution in [-0.2, 0) is 6.54 Å². The summed E-state index contributed by atoms with van der Waals surface area (Å²) < 4.78 is 22.0. The van der Waals surface area contributed by atoms with Crippen molar-refractivity contribution in [1.29, 1.82) is 0 Å². The second-order valence-corrected chi connectivity index (χ2v) is 6.55. The SMILES string of the molecule is CCOc1ccc(C(C)NC(=NC)NCc2ccc(OC)c(OC)c2)cc1OCC.I. The number of hydrogen-bond acceptors (Lipinski definition) is 5.